The van der Waals surface area contributed by atoms with E-state index in [4.69, 9.17) is 85.2 Å². The smallest absolute Gasteiger partial charge is 0.403 e. The minimum absolute atomic E-state index is 0. The van der Waals surface area contributed by atoms with E-state index in [1.165, 1.54) is 55.5 Å². The first-order valence-corrected chi connectivity index (χ1v) is 25.3. The Morgan fingerprint density at radius 3 is 1.20 bits per heavy atom. The highest BCUT2D eigenvalue weighted by Crippen LogP contribution is 2.30. The molecule has 0 aliphatic heterocycles. The molecule has 6 aromatic carbocycles. The van der Waals surface area contributed by atoms with Gasteiger partial charge in [0.2, 0.25) is 5.24 Å². The zero-order valence-corrected chi connectivity index (χ0v) is 47.2. The minimum Gasteiger partial charge on any atom is -0.460 e. The number of nitrogens with one attached hydrogen (secondary N) is 2. The minimum atomic E-state index is -0.805. The van der Waals surface area contributed by atoms with Gasteiger partial charge in [0.05, 0.1) is 59.0 Å². The van der Waals surface area contributed by atoms with Crippen LogP contribution in [0.3, 0.4) is 0 Å². The molecule has 0 spiro atoms. The Bertz CT molecular complexity index is 3300. The van der Waals surface area contributed by atoms with Crippen LogP contribution in [0.1, 0.15) is 76.5 Å². The number of alkyl halides is 1. The van der Waals surface area contributed by atoms with Gasteiger partial charge in [0.15, 0.2) is 17.3 Å². The van der Waals surface area contributed by atoms with Gasteiger partial charge in [-0.05, 0) is 80.0 Å². The second kappa shape index (κ2) is 38.4. The highest BCUT2D eigenvalue weighted by Gasteiger charge is 2.22. The van der Waals surface area contributed by atoms with E-state index in [1.807, 2.05) is 0 Å². The summed E-state index contributed by atoms with van der Waals surface area (Å²) >= 11 is 32.7. The number of halogens is 6. The number of nitrogens with two attached hydrogens (primary N) is 1. The number of ether oxygens (including phenoxy) is 2. The average molecular weight is 1270 g/mol. The molecule has 0 heterocycles. The van der Waals surface area contributed by atoms with Crippen LogP contribution in [0.4, 0.5) is 38.9 Å². The number of nitrogen functional groups attached to an aromatic ring is 1. The molecule has 0 saturated heterocycles. The largest absolute Gasteiger partial charge is 0.460 e. The molecule has 0 fully saturated rings. The SMILES string of the molecule is C.C.C=C(C)C(=O)Cl.C=C(C)C(=O)OCCNc1ccc([N+](=O)[O-])cc1C(=O)c1ccccc1Cl.Nc1ccc([N+](=O)[O-])cc1C(=O)c1ccccc1Cl.O=C(Cl)OCCCl.O=C(c1ccccc1Cl)c1cc([N+](=O)[O-])ccc1NCCO. The summed E-state index contributed by atoms with van der Waals surface area (Å²) < 4.78 is 9.16. The Hall–Kier alpha value is -8.28. The van der Waals surface area contributed by atoms with Crippen LogP contribution in [0.15, 0.2) is 152 Å². The van der Waals surface area contributed by atoms with Crippen molar-refractivity contribution in [2.24, 2.45) is 0 Å². The predicted octanol–water partition coefficient (Wildman–Crippen LogP) is 14.2. The van der Waals surface area contributed by atoms with Gasteiger partial charge in [-0.3, -0.25) is 49.5 Å². The molecule has 0 aliphatic carbocycles. The molecule has 0 aromatic heterocycles. The van der Waals surface area contributed by atoms with Gasteiger partial charge in [-0.1, -0.05) is 99.2 Å². The highest BCUT2D eigenvalue weighted by molar-refractivity contribution is 6.67. The van der Waals surface area contributed by atoms with Crippen molar-refractivity contribution >= 4 is 138 Å². The standard InChI is InChI=1S/C19H17ClN2O5.C15H13ClN2O4.C13H9ClN2O3.C4H5ClO.C3H4Cl2O2.2CH4/c1-12(2)19(24)27-10-9-21-17-8-7-13(22(25)26)11-15(17)18(23)14-5-3-4-6-16(14)20;16-13-4-2-1-3-11(13)15(20)12-9-10(18(21)22)5-6-14(12)17-7-8-19;14-11-4-2-1-3-9(11)13(17)10-7-8(16(18)19)5-6-12(10)15;1-3(2)4(5)6;4-1-2-7-3(5)6;;/h3-8,11,21H,1,9-10H2,2H3;1-6,9,17,19H,7-8H2;1-7H,15H2;1H2,2H3;1-2H2;2*1H4. The molecule has 27 heteroatoms. The van der Waals surface area contributed by atoms with E-state index in [-0.39, 0.29) is 125 Å². The second-order valence-corrected chi connectivity index (χ2v) is 18.0. The molecule has 0 aliphatic rings. The highest BCUT2D eigenvalue weighted by atomic mass is 35.5. The van der Waals surface area contributed by atoms with Gasteiger partial charge in [-0.25, -0.2) is 9.59 Å². The number of ketones is 3. The summed E-state index contributed by atoms with van der Waals surface area (Å²) in [6.07, 6.45) is 0. The van der Waals surface area contributed by atoms with E-state index in [0.717, 1.165) is 6.07 Å². The number of carbonyl (C=O) groups excluding carboxylic acids is 6. The normalized spacial score (nSPS) is 9.60. The molecule has 442 valence electrons. The van der Waals surface area contributed by atoms with Crippen molar-refractivity contribution in [1.29, 1.82) is 0 Å². The number of hydrogen-bond acceptors (Lipinski definition) is 18. The average Bonchev–Trinajstić information content (AvgIpc) is 3.63. The van der Waals surface area contributed by atoms with Crippen molar-refractivity contribution in [2.45, 2.75) is 28.7 Å². The van der Waals surface area contributed by atoms with Gasteiger partial charge in [0.25, 0.3) is 17.1 Å². The first-order chi connectivity index (χ1) is 38.3. The van der Waals surface area contributed by atoms with Gasteiger partial charge in [0, 0.05) is 106 Å². The maximum Gasteiger partial charge on any atom is 0.403 e. The van der Waals surface area contributed by atoms with Crippen molar-refractivity contribution < 1.29 is 58.1 Å². The number of rotatable bonds is 20. The van der Waals surface area contributed by atoms with Crippen LogP contribution in [0, 0.1) is 30.3 Å². The van der Waals surface area contributed by atoms with Crippen molar-refractivity contribution in [3.05, 3.63) is 230 Å². The third kappa shape index (κ3) is 25.2. The quantitative estimate of drug-likeness (QED) is 0.00635. The Balaban J connectivity index is 0.00000109. The molecule has 5 N–H and O–H groups in total. The number of benzene rings is 6. The van der Waals surface area contributed by atoms with E-state index < -0.39 is 48.8 Å². The van der Waals surface area contributed by atoms with Gasteiger partial charge in [-0.15, -0.1) is 11.6 Å². The molecular formula is C56H56Cl6N6O15. The summed E-state index contributed by atoms with van der Waals surface area (Å²) in [6.45, 7) is 10.4. The second-order valence-electron chi connectivity index (χ2n) is 15.8. The summed E-state index contributed by atoms with van der Waals surface area (Å²) in [5.74, 6) is -1.54. The van der Waals surface area contributed by atoms with E-state index in [1.54, 1.807) is 79.7 Å². The summed E-state index contributed by atoms with van der Waals surface area (Å²) in [6, 6.07) is 31.0. The number of nitrogens with zero attached hydrogens (tertiary/aromatic N) is 3. The molecule has 0 unspecified atom stereocenters. The zero-order valence-electron chi connectivity index (χ0n) is 42.6. The molecule has 83 heavy (non-hydrogen) atoms. The molecule has 0 saturated carbocycles. The van der Waals surface area contributed by atoms with Crippen molar-refractivity contribution in [3.8, 4) is 0 Å². The van der Waals surface area contributed by atoms with E-state index >= 15 is 0 Å². The third-order valence-electron chi connectivity index (χ3n) is 9.82. The van der Waals surface area contributed by atoms with E-state index in [9.17, 15) is 59.1 Å². The van der Waals surface area contributed by atoms with Crippen LogP contribution >= 0.6 is 69.6 Å². The Morgan fingerprint density at radius 1 is 0.542 bits per heavy atom. The number of anilines is 3. The fourth-order valence-corrected chi connectivity index (χ4v) is 6.78. The van der Waals surface area contributed by atoms with Gasteiger partial charge >= 0.3 is 11.4 Å². The molecular weight excluding hydrogens is 1210 g/mol. The van der Waals surface area contributed by atoms with Gasteiger partial charge in [0.1, 0.15) is 13.2 Å². The predicted molar refractivity (Wildman–Crippen MR) is 325 cm³/mol. The maximum atomic E-state index is 12.8. The fraction of sp³-hybridized carbons (Fsp3) is 0.179. The molecule has 6 rings (SSSR count). The molecule has 0 radical (unpaired) electrons. The monoisotopic (exact) mass is 1260 g/mol. The Morgan fingerprint density at radius 2 is 0.892 bits per heavy atom. The third-order valence-corrected chi connectivity index (χ3v) is 11.4. The van der Waals surface area contributed by atoms with Crippen LogP contribution in [0.25, 0.3) is 0 Å². The van der Waals surface area contributed by atoms with Crippen molar-refractivity contribution in [2.75, 3.05) is 55.2 Å². The zero-order chi connectivity index (χ0) is 60.9. The Labute approximate surface area is 507 Å². The van der Waals surface area contributed by atoms with Crippen molar-refractivity contribution in [1.82, 2.24) is 0 Å². The number of esters is 1. The number of aliphatic hydroxyl groups is 1. The fourth-order valence-electron chi connectivity index (χ4n) is 5.96. The lowest BCUT2D eigenvalue weighted by Crippen LogP contribution is -2.16. The maximum absolute atomic E-state index is 12.8. The Kier molecular flexibility index (Phi) is 34.6. The molecule has 0 atom stereocenters. The van der Waals surface area contributed by atoms with E-state index in [0.29, 0.717) is 22.8 Å². The van der Waals surface area contributed by atoms with Gasteiger partial charge in [-0.2, -0.15) is 0 Å². The van der Waals surface area contributed by atoms with Crippen LogP contribution < -0.4 is 16.4 Å². The van der Waals surface area contributed by atoms with Crippen molar-refractivity contribution in [3.63, 3.8) is 0 Å². The van der Waals surface area contributed by atoms with E-state index in [2.05, 4.69) is 28.5 Å². The summed E-state index contributed by atoms with van der Waals surface area (Å²) in [5.41, 5.74) is 6.97. The molecule has 21 nitrogen and oxygen atoms in total. The molecule has 0 amide bonds. The van der Waals surface area contributed by atoms with Crippen LogP contribution in [0.5, 0.6) is 0 Å². The lowest BCUT2D eigenvalue weighted by Gasteiger charge is -2.12. The summed E-state index contributed by atoms with van der Waals surface area (Å²) in [5, 5.41) is 47.7. The van der Waals surface area contributed by atoms with Crippen LogP contribution in [0.2, 0.25) is 15.1 Å². The van der Waals surface area contributed by atoms with Crippen LogP contribution in [-0.2, 0) is 19.1 Å². The number of allylic oxidation sites excluding steroid dienone is 1. The summed E-state index contributed by atoms with van der Waals surface area (Å²) in [7, 11) is 0. The van der Waals surface area contributed by atoms with Gasteiger partial charge < -0.3 is 30.9 Å². The molecule has 6 aromatic rings. The number of hydrogen-bond donors (Lipinski definition) is 4. The van der Waals surface area contributed by atoms with Crippen LogP contribution in [-0.4, -0.2) is 92.7 Å². The topological polar surface area (TPSA) is 321 Å². The number of aliphatic hydroxyl groups excluding tert-OH is 1. The summed E-state index contributed by atoms with van der Waals surface area (Å²) in [4.78, 5) is 99.6. The first kappa shape index (κ1) is 74.7. The lowest BCUT2D eigenvalue weighted by molar-refractivity contribution is -0.385. The number of non-ortho nitro benzene ring substituents is 3. The first-order valence-electron chi connectivity index (χ1n) is 22.9. The number of carbonyl (C=O) groups is 6. The number of nitro benzene ring substituents is 3. The molecule has 0 bridgehead atoms. The number of nitro groups is 3. The lowest BCUT2D eigenvalue weighted by atomic mass is 10.0.